The summed E-state index contributed by atoms with van der Waals surface area (Å²) in [6, 6.07) is 18.2. The molecule has 0 spiro atoms. The van der Waals surface area contributed by atoms with Crippen molar-refractivity contribution < 1.29 is 0 Å². The molecule has 1 heterocycles. The Hall–Kier alpha value is -2.62. The number of aromatic nitrogens is 2. The SMILES string of the molecule is c1ccc(CCN=Nc2nncc3ccccc23)cc1. The van der Waals surface area contributed by atoms with Gasteiger partial charge >= 0.3 is 0 Å². The van der Waals surface area contributed by atoms with E-state index in [1.807, 2.05) is 42.5 Å². The summed E-state index contributed by atoms with van der Waals surface area (Å²) >= 11 is 0. The summed E-state index contributed by atoms with van der Waals surface area (Å²) in [5, 5.41) is 18.4. The summed E-state index contributed by atoms with van der Waals surface area (Å²) < 4.78 is 0. The van der Waals surface area contributed by atoms with Gasteiger partial charge in [-0.15, -0.1) is 10.2 Å². The average molecular weight is 262 g/mol. The van der Waals surface area contributed by atoms with Crippen LogP contribution in [0.25, 0.3) is 10.8 Å². The van der Waals surface area contributed by atoms with E-state index in [0.717, 1.165) is 17.2 Å². The van der Waals surface area contributed by atoms with Crippen molar-refractivity contribution in [1.29, 1.82) is 0 Å². The lowest BCUT2D eigenvalue weighted by atomic mass is 10.2. The van der Waals surface area contributed by atoms with Gasteiger partial charge in [0.1, 0.15) is 0 Å². The molecule has 0 aliphatic heterocycles. The number of fused-ring (bicyclic) bond motifs is 1. The molecule has 0 N–H and O–H groups in total. The third-order valence-electron chi connectivity index (χ3n) is 3.06. The maximum absolute atomic E-state index is 4.21. The Morgan fingerprint density at radius 3 is 2.60 bits per heavy atom. The highest BCUT2D eigenvalue weighted by atomic mass is 15.2. The molecule has 1 aromatic heterocycles. The van der Waals surface area contributed by atoms with Gasteiger partial charge in [-0.25, -0.2) is 0 Å². The third-order valence-corrected chi connectivity index (χ3v) is 3.06. The number of azo groups is 1. The first-order valence-corrected chi connectivity index (χ1v) is 6.55. The van der Waals surface area contributed by atoms with Crippen LogP contribution in [0.3, 0.4) is 0 Å². The Bertz CT molecular complexity index is 717. The van der Waals surface area contributed by atoms with E-state index in [0.29, 0.717) is 12.4 Å². The van der Waals surface area contributed by atoms with Gasteiger partial charge in [0.05, 0.1) is 12.7 Å². The summed E-state index contributed by atoms with van der Waals surface area (Å²) in [4.78, 5) is 0. The normalized spacial score (nSPS) is 11.2. The fraction of sp³-hybridized carbons (Fsp3) is 0.125. The molecule has 0 saturated heterocycles. The molecule has 0 fully saturated rings. The fourth-order valence-corrected chi connectivity index (χ4v) is 2.03. The monoisotopic (exact) mass is 262 g/mol. The standard InChI is InChI=1S/C16H14N4/c1-2-6-13(7-3-1)10-11-17-19-16-15-9-5-4-8-14(15)12-18-20-16/h1-9,12H,10-11H2. The van der Waals surface area contributed by atoms with Crippen molar-refractivity contribution in [3.63, 3.8) is 0 Å². The van der Waals surface area contributed by atoms with Crippen molar-refractivity contribution in [2.45, 2.75) is 6.42 Å². The van der Waals surface area contributed by atoms with Crippen LogP contribution in [0.5, 0.6) is 0 Å². The Balaban J connectivity index is 1.72. The molecule has 4 heteroatoms. The number of hydrogen-bond acceptors (Lipinski definition) is 4. The minimum atomic E-state index is 0.580. The van der Waals surface area contributed by atoms with Crippen LogP contribution in [0.4, 0.5) is 5.82 Å². The predicted molar refractivity (Wildman–Crippen MR) is 79.1 cm³/mol. The molecule has 4 nitrogen and oxygen atoms in total. The van der Waals surface area contributed by atoms with E-state index in [1.54, 1.807) is 6.20 Å². The minimum absolute atomic E-state index is 0.580. The van der Waals surface area contributed by atoms with E-state index in [2.05, 4.69) is 32.6 Å². The molecule has 0 saturated carbocycles. The molecule has 0 aliphatic carbocycles. The lowest BCUT2D eigenvalue weighted by molar-refractivity contribution is 0.888. The summed E-state index contributed by atoms with van der Waals surface area (Å²) in [6.07, 6.45) is 2.61. The topological polar surface area (TPSA) is 50.5 Å². The van der Waals surface area contributed by atoms with Gasteiger partial charge in [-0.3, -0.25) is 0 Å². The lowest BCUT2D eigenvalue weighted by Gasteiger charge is -1.98. The lowest BCUT2D eigenvalue weighted by Crippen LogP contribution is -1.88. The number of benzene rings is 2. The van der Waals surface area contributed by atoms with Crippen LogP contribution in [-0.2, 0) is 6.42 Å². The van der Waals surface area contributed by atoms with Crippen molar-refractivity contribution in [2.24, 2.45) is 10.2 Å². The summed E-state index contributed by atoms with van der Waals surface area (Å²) in [5.74, 6) is 0.580. The number of nitrogens with zero attached hydrogens (tertiary/aromatic N) is 4. The third kappa shape index (κ3) is 2.85. The Labute approximate surface area is 117 Å². The highest BCUT2D eigenvalue weighted by Crippen LogP contribution is 2.21. The Kier molecular flexibility index (Phi) is 3.73. The smallest absolute Gasteiger partial charge is 0.187 e. The van der Waals surface area contributed by atoms with Crippen LogP contribution in [0, 0.1) is 0 Å². The van der Waals surface area contributed by atoms with Crippen LogP contribution in [0.1, 0.15) is 5.56 Å². The second kappa shape index (κ2) is 6.02. The van der Waals surface area contributed by atoms with Gasteiger partial charge in [0.15, 0.2) is 0 Å². The van der Waals surface area contributed by atoms with Gasteiger partial charge in [-0.05, 0) is 12.0 Å². The van der Waals surface area contributed by atoms with Crippen LogP contribution >= 0.6 is 0 Å². The molecule has 0 bridgehead atoms. The summed E-state index contributed by atoms with van der Waals surface area (Å²) in [6.45, 7) is 0.648. The van der Waals surface area contributed by atoms with Gasteiger partial charge in [0.25, 0.3) is 0 Å². The van der Waals surface area contributed by atoms with Crippen molar-refractivity contribution >= 4 is 16.6 Å². The second-order valence-electron chi connectivity index (χ2n) is 4.46. The highest BCUT2D eigenvalue weighted by Gasteiger charge is 2.00. The number of rotatable bonds is 4. The van der Waals surface area contributed by atoms with E-state index in [1.165, 1.54) is 5.56 Å². The second-order valence-corrected chi connectivity index (χ2v) is 4.46. The molecule has 0 aliphatic rings. The molecule has 3 rings (SSSR count). The van der Waals surface area contributed by atoms with Crippen molar-refractivity contribution in [2.75, 3.05) is 6.54 Å². The molecule has 2 aromatic carbocycles. The molecule has 0 unspecified atom stereocenters. The molecule has 98 valence electrons. The Morgan fingerprint density at radius 1 is 0.900 bits per heavy atom. The predicted octanol–water partition coefficient (Wildman–Crippen LogP) is 3.96. The first kappa shape index (κ1) is 12.4. The van der Waals surface area contributed by atoms with Crippen LogP contribution in [0.2, 0.25) is 0 Å². The number of hydrogen-bond donors (Lipinski definition) is 0. The highest BCUT2D eigenvalue weighted by molar-refractivity contribution is 5.89. The van der Waals surface area contributed by atoms with Gasteiger partial charge in [-0.1, -0.05) is 54.6 Å². The first-order chi connectivity index (χ1) is 9.93. The van der Waals surface area contributed by atoms with Crippen LogP contribution in [0.15, 0.2) is 71.0 Å². The van der Waals surface area contributed by atoms with E-state index in [9.17, 15) is 0 Å². The van der Waals surface area contributed by atoms with Crippen molar-refractivity contribution in [3.8, 4) is 0 Å². The van der Waals surface area contributed by atoms with Crippen molar-refractivity contribution in [3.05, 3.63) is 66.4 Å². The molecule has 0 radical (unpaired) electrons. The average Bonchev–Trinajstić information content (AvgIpc) is 2.53. The minimum Gasteiger partial charge on any atom is -0.187 e. The van der Waals surface area contributed by atoms with Gasteiger partial charge in [0.2, 0.25) is 5.82 Å². The zero-order valence-corrected chi connectivity index (χ0v) is 11.0. The molecular formula is C16H14N4. The van der Waals surface area contributed by atoms with E-state index in [-0.39, 0.29) is 0 Å². The van der Waals surface area contributed by atoms with E-state index < -0.39 is 0 Å². The largest absolute Gasteiger partial charge is 0.203 e. The zero-order valence-electron chi connectivity index (χ0n) is 11.0. The van der Waals surface area contributed by atoms with E-state index >= 15 is 0 Å². The molecular weight excluding hydrogens is 248 g/mol. The summed E-state index contributed by atoms with van der Waals surface area (Å²) in [7, 11) is 0. The van der Waals surface area contributed by atoms with Crippen molar-refractivity contribution in [1.82, 2.24) is 10.2 Å². The van der Waals surface area contributed by atoms with Gasteiger partial charge in [0, 0.05) is 10.8 Å². The molecule has 20 heavy (non-hydrogen) atoms. The Morgan fingerprint density at radius 2 is 1.70 bits per heavy atom. The van der Waals surface area contributed by atoms with Gasteiger partial charge in [-0.2, -0.15) is 10.2 Å². The molecule has 0 amide bonds. The van der Waals surface area contributed by atoms with Crippen LogP contribution in [-0.4, -0.2) is 16.7 Å². The quantitative estimate of drug-likeness (QED) is 0.668. The maximum atomic E-state index is 4.21. The zero-order chi connectivity index (χ0) is 13.6. The maximum Gasteiger partial charge on any atom is 0.203 e. The van der Waals surface area contributed by atoms with Crippen LogP contribution < -0.4 is 0 Å². The summed E-state index contributed by atoms with van der Waals surface area (Å²) in [5.41, 5.74) is 1.26. The first-order valence-electron chi connectivity index (χ1n) is 6.55. The van der Waals surface area contributed by atoms with E-state index in [4.69, 9.17) is 0 Å². The molecule has 3 aromatic rings. The van der Waals surface area contributed by atoms with Gasteiger partial charge < -0.3 is 0 Å². The molecule has 0 atom stereocenters. The fourth-order valence-electron chi connectivity index (χ4n) is 2.03.